The molecule has 0 unspecified atom stereocenters. The van der Waals surface area contributed by atoms with E-state index in [0.29, 0.717) is 5.92 Å². The normalized spacial score (nSPS) is 10.4. The van der Waals surface area contributed by atoms with Gasteiger partial charge in [-0.1, -0.05) is 25.4 Å². The van der Waals surface area contributed by atoms with Gasteiger partial charge in [-0.15, -0.1) is 0 Å². The highest BCUT2D eigenvalue weighted by Crippen LogP contribution is 2.27. The molecular weight excluding hydrogens is 198 g/mol. The van der Waals surface area contributed by atoms with Crippen LogP contribution in [0.4, 0.5) is 5.69 Å². The van der Waals surface area contributed by atoms with Crippen LogP contribution in [-0.4, -0.2) is 13.7 Å². The van der Waals surface area contributed by atoms with Gasteiger partial charge in [0.05, 0.1) is 12.8 Å². The Hall–Kier alpha value is -0.890. The summed E-state index contributed by atoms with van der Waals surface area (Å²) in [6, 6.07) is 5.56. The molecular formula is C11H16ClNO. The fourth-order valence-electron chi connectivity index (χ4n) is 1.13. The summed E-state index contributed by atoms with van der Waals surface area (Å²) in [4.78, 5) is 0. The molecule has 1 aromatic rings. The Kier molecular flexibility index (Phi) is 4.08. The largest absolute Gasteiger partial charge is 0.495 e. The van der Waals surface area contributed by atoms with Crippen LogP contribution in [0.2, 0.25) is 5.02 Å². The SMILES string of the molecule is COc1ccc(Cl)cc1NCC(C)C. The molecule has 1 N–H and O–H groups in total. The van der Waals surface area contributed by atoms with Crippen molar-refractivity contribution in [2.24, 2.45) is 5.92 Å². The first-order valence-electron chi connectivity index (χ1n) is 4.71. The Morgan fingerprint density at radius 2 is 2.14 bits per heavy atom. The first-order valence-corrected chi connectivity index (χ1v) is 5.08. The number of halogens is 1. The molecule has 0 atom stereocenters. The maximum atomic E-state index is 5.89. The van der Waals surface area contributed by atoms with Crippen LogP contribution in [-0.2, 0) is 0 Å². The third kappa shape index (κ3) is 3.11. The third-order valence-electron chi connectivity index (χ3n) is 1.86. The first kappa shape index (κ1) is 11.2. The topological polar surface area (TPSA) is 21.3 Å². The van der Waals surface area contributed by atoms with Gasteiger partial charge in [-0.25, -0.2) is 0 Å². The number of rotatable bonds is 4. The quantitative estimate of drug-likeness (QED) is 0.828. The highest BCUT2D eigenvalue weighted by molar-refractivity contribution is 6.30. The summed E-state index contributed by atoms with van der Waals surface area (Å²) in [7, 11) is 1.66. The van der Waals surface area contributed by atoms with Gasteiger partial charge in [-0.3, -0.25) is 0 Å². The highest BCUT2D eigenvalue weighted by atomic mass is 35.5. The molecule has 0 fully saturated rings. The van der Waals surface area contributed by atoms with E-state index in [1.807, 2.05) is 18.2 Å². The number of anilines is 1. The average molecular weight is 214 g/mol. The molecule has 0 heterocycles. The fourth-order valence-corrected chi connectivity index (χ4v) is 1.30. The number of ether oxygens (including phenoxy) is 1. The van der Waals surface area contributed by atoms with E-state index in [4.69, 9.17) is 16.3 Å². The highest BCUT2D eigenvalue weighted by Gasteiger charge is 2.03. The molecule has 2 nitrogen and oxygen atoms in total. The van der Waals surface area contributed by atoms with Crippen molar-refractivity contribution in [2.45, 2.75) is 13.8 Å². The van der Waals surface area contributed by atoms with Gasteiger partial charge < -0.3 is 10.1 Å². The van der Waals surface area contributed by atoms with Crippen molar-refractivity contribution < 1.29 is 4.74 Å². The lowest BCUT2D eigenvalue weighted by Gasteiger charge is -2.12. The van der Waals surface area contributed by atoms with Crippen molar-refractivity contribution >= 4 is 17.3 Å². The van der Waals surface area contributed by atoms with E-state index in [2.05, 4.69) is 19.2 Å². The molecule has 1 rings (SSSR count). The number of nitrogens with one attached hydrogen (secondary N) is 1. The molecule has 0 aliphatic heterocycles. The van der Waals surface area contributed by atoms with Crippen LogP contribution in [0.5, 0.6) is 5.75 Å². The molecule has 0 amide bonds. The van der Waals surface area contributed by atoms with Crippen LogP contribution in [0, 0.1) is 5.92 Å². The van der Waals surface area contributed by atoms with Crippen LogP contribution in [0.25, 0.3) is 0 Å². The molecule has 0 bridgehead atoms. The van der Waals surface area contributed by atoms with E-state index in [1.165, 1.54) is 0 Å². The van der Waals surface area contributed by atoms with E-state index in [1.54, 1.807) is 7.11 Å². The van der Waals surface area contributed by atoms with E-state index >= 15 is 0 Å². The second-order valence-electron chi connectivity index (χ2n) is 3.62. The smallest absolute Gasteiger partial charge is 0.142 e. The minimum atomic E-state index is 0.596. The second-order valence-corrected chi connectivity index (χ2v) is 4.06. The van der Waals surface area contributed by atoms with E-state index in [0.717, 1.165) is 23.0 Å². The molecule has 0 radical (unpaired) electrons. The zero-order valence-electron chi connectivity index (χ0n) is 8.80. The summed E-state index contributed by atoms with van der Waals surface area (Å²) in [5, 5.41) is 4.01. The van der Waals surface area contributed by atoms with E-state index in [9.17, 15) is 0 Å². The molecule has 0 saturated carbocycles. The minimum absolute atomic E-state index is 0.596. The molecule has 14 heavy (non-hydrogen) atoms. The van der Waals surface area contributed by atoms with Gasteiger partial charge in [0.1, 0.15) is 5.75 Å². The van der Waals surface area contributed by atoms with Crippen LogP contribution in [0.1, 0.15) is 13.8 Å². The maximum Gasteiger partial charge on any atom is 0.142 e. The summed E-state index contributed by atoms with van der Waals surface area (Å²) in [5.74, 6) is 1.42. The zero-order chi connectivity index (χ0) is 10.6. The Bertz CT molecular complexity index is 299. The molecule has 0 aliphatic rings. The molecule has 0 spiro atoms. The Balaban J connectivity index is 2.77. The molecule has 0 aliphatic carbocycles. The van der Waals surface area contributed by atoms with Crippen molar-refractivity contribution in [1.29, 1.82) is 0 Å². The molecule has 0 saturated heterocycles. The summed E-state index contributed by atoms with van der Waals surface area (Å²) in [6.45, 7) is 5.23. The van der Waals surface area contributed by atoms with E-state index in [-0.39, 0.29) is 0 Å². The van der Waals surface area contributed by atoms with Crippen LogP contribution < -0.4 is 10.1 Å². The van der Waals surface area contributed by atoms with Crippen molar-refractivity contribution in [3.8, 4) is 5.75 Å². The number of hydrogen-bond acceptors (Lipinski definition) is 2. The Morgan fingerprint density at radius 1 is 1.43 bits per heavy atom. The van der Waals surface area contributed by atoms with Gasteiger partial charge in [0, 0.05) is 11.6 Å². The summed E-state index contributed by atoms with van der Waals surface area (Å²) in [6.07, 6.45) is 0. The van der Waals surface area contributed by atoms with Crippen molar-refractivity contribution in [3.63, 3.8) is 0 Å². The molecule has 1 aromatic carbocycles. The standard InChI is InChI=1S/C11H16ClNO/c1-8(2)7-13-10-6-9(12)4-5-11(10)14-3/h4-6,8,13H,7H2,1-3H3. The number of benzene rings is 1. The molecule has 78 valence electrons. The lowest BCUT2D eigenvalue weighted by molar-refractivity contribution is 0.416. The van der Waals surface area contributed by atoms with Crippen LogP contribution in [0.3, 0.4) is 0 Å². The van der Waals surface area contributed by atoms with Gasteiger partial charge in [0.25, 0.3) is 0 Å². The van der Waals surface area contributed by atoms with Gasteiger partial charge in [-0.05, 0) is 24.1 Å². The first-order chi connectivity index (χ1) is 6.63. The van der Waals surface area contributed by atoms with Crippen molar-refractivity contribution in [2.75, 3.05) is 19.0 Å². The predicted octanol–water partition coefficient (Wildman–Crippen LogP) is 3.42. The monoisotopic (exact) mass is 213 g/mol. The van der Waals surface area contributed by atoms with Gasteiger partial charge >= 0.3 is 0 Å². The average Bonchev–Trinajstić information content (AvgIpc) is 2.15. The molecule has 0 aromatic heterocycles. The van der Waals surface area contributed by atoms with Gasteiger partial charge in [0.2, 0.25) is 0 Å². The van der Waals surface area contributed by atoms with Crippen molar-refractivity contribution in [1.82, 2.24) is 0 Å². The maximum absolute atomic E-state index is 5.89. The van der Waals surface area contributed by atoms with Gasteiger partial charge in [-0.2, -0.15) is 0 Å². The number of methoxy groups -OCH3 is 1. The minimum Gasteiger partial charge on any atom is -0.495 e. The van der Waals surface area contributed by atoms with Crippen LogP contribution in [0.15, 0.2) is 18.2 Å². The van der Waals surface area contributed by atoms with Gasteiger partial charge in [0.15, 0.2) is 0 Å². The Morgan fingerprint density at radius 3 is 2.71 bits per heavy atom. The lowest BCUT2D eigenvalue weighted by Crippen LogP contribution is -2.08. The lowest BCUT2D eigenvalue weighted by atomic mass is 10.2. The van der Waals surface area contributed by atoms with E-state index < -0.39 is 0 Å². The van der Waals surface area contributed by atoms with Crippen LogP contribution >= 0.6 is 11.6 Å². The predicted molar refractivity (Wildman–Crippen MR) is 61.3 cm³/mol. The fraction of sp³-hybridized carbons (Fsp3) is 0.455. The molecule has 3 heteroatoms. The summed E-state index contributed by atoms with van der Waals surface area (Å²) >= 11 is 5.89. The third-order valence-corrected chi connectivity index (χ3v) is 2.10. The van der Waals surface area contributed by atoms with Crippen molar-refractivity contribution in [3.05, 3.63) is 23.2 Å². The zero-order valence-corrected chi connectivity index (χ0v) is 9.56. The summed E-state index contributed by atoms with van der Waals surface area (Å²) in [5.41, 5.74) is 0.953. The second kappa shape index (κ2) is 5.11. The Labute approximate surface area is 90.2 Å². The summed E-state index contributed by atoms with van der Waals surface area (Å²) < 4.78 is 5.21. The number of hydrogen-bond donors (Lipinski definition) is 1.